The first kappa shape index (κ1) is 19.7. The maximum atomic E-state index is 12.7. The number of nitro benzene ring substituents is 1. The predicted octanol–water partition coefficient (Wildman–Crippen LogP) is 3.57. The number of fused-ring (bicyclic) bond motifs is 1. The summed E-state index contributed by atoms with van der Waals surface area (Å²) in [6.07, 6.45) is 0.421. The Morgan fingerprint density at radius 1 is 1.48 bits per heavy atom. The summed E-state index contributed by atoms with van der Waals surface area (Å²) in [7, 11) is -1.31. The van der Waals surface area contributed by atoms with Crippen molar-refractivity contribution in [3.8, 4) is 0 Å². The lowest BCUT2D eigenvalue weighted by Crippen LogP contribution is -2.35. The number of likely N-dealkylation sites (tertiary alicyclic amines) is 1. The lowest BCUT2D eigenvalue weighted by molar-refractivity contribution is -0.384. The number of aromatic nitrogens is 1. The van der Waals surface area contributed by atoms with Gasteiger partial charge in [0.05, 0.1) is 25.9 Å². The second kappa shape index (κ2) is 7.51. The zero-order chi connectivity index (χ0) is 19.8. The third-order valence-electron chi connectivity index (χ3n) is 4.08. The zero-order valence-corrected chi connectivity index (χ0v) is 17.0. The van der Waals surface area contributed by atoms with Crippen LogP contribution in [0.4, 0.5) is 10.5 Å². The van der Waals surface area contributed by atoms with Crippen LogP contribution < -0.4 is 0 Å². The van der Waals surface area contributed by atoms with E-state index < -0.39 is 21.3 Å². The predicted molar refractivity (Wildman–Crippen MR) is 103 cm³/mol. The standard InChI is InChI=1S/C17H21N3O5S2/c1-17(2,3)25-16(21)19-7-6-11(9-19)10-27(24)15-18-13-8-12(20(22)23)4-5-14(13)26-15/h4-5,8,11H,6-7,9-10H2,1-3H3/t11-,27+/m0/s1. The van der Waals surface area contributed by atoms with Crippen LogP contribution in [0.1, 0.15) is 27.2 Å². The van der Waals surface area contributed by atoms with E-state index in [9.17, 15) is 19.1 Å². The molecule has 1 aliphatic rings. The molecule has 0 bridgehead atoms. The fraction of sp³-hybridized carbons (Fsp3) is 0.529. The van der Waals surface area contributed by atoms with Crippen LogP contribution in [-0.2, 0) is 15.5 Å². The van der Waals surface area contributed by atoms with Gasteiger partial charge in [0.25, 0.3) is 5.69 Å². The highest BCUT2D eigenvalue weighted by atomic mass is 32.2. The second-order valence-corrected chi connectivity index (χ2v) is 10.2. The Bertz CT molecular complexity index is 906. The number of carbonyl (C=O) groups is 1. The summed E-state index contributed by atoms with van der Waals surface area (Å²) in [4.78, 5) is 28.5. The van der Waals surface area contributed by atoms with Crippen LogP contribution in [0.3, 0.4) is 0 Å². The van der Waals surface area contributed by atoms with Crippen molar-refractivity contribution >= 4 is 44.1 Å². The van der Waals surface area contributed by atoms with Gasteiger partial charge >= 0.3 is 6.09 Å². The number of hydrogen-bond donors (Lipinski definition) is 0. The number of carbonyl (C=O) groups excluding carboxylic acids is 1. The molecule has 2 aromatic rings. The molecule has 3 rings (SSSR count). The Hall–Kier alpha value is -2.07. The Labute approximate surface area is 163 Å². The first-order chi connectivity index (χ1) is 12.6. The Kier molecular flexibility index (Phi) is 5.48. The first-order valence-electron chi connectivity index (χ1n) is 8.53. The van der Waals surface area contributed by atoms with Crippen molar-refractivity contribution in [1.29, 1.82) is 0 Å². The second-order valence-electron chi connectivity index (χ2n) is 7.48. The number of thiazole rings is 1. The van der Waals surface area contributed by atoms with E-state index in [2.05, 4.69) is 4.98 Å². The molecule has 2 heterocycles. The van der Waals surface area contributed by atoms with Gasteiger partial charge in [-0.15, -0.1) is 11.3 Å². The van der Waals surface area contributed by atoms with Crippen LogP contribution in [0.2, 0.25) is 0 Å². The number of amides is 1. The van der Waals surface area contributed by atoms with E-state index in [-0.39, 0.29) is 17.7 Å². The van der Waals surface area contributed by atoms with Crippen molar-refractivity contribution in [2.24, 2.45) is 5.92 Å². The smallest absolute Gasteiger partial charge is 0.410 e. The highest BCUT2D eigenvalue weighted by molar-refractivity contribution is 7.87. The maximum absolute atomic E-state index is 12.7. The third kappa shape index (κ3) is 4.81. The number of benzene rings is 1. The molecule has 0 aliphatic carbocycles. The van der Waals surface area contributed by atoms with Gasteiger partial charge in [0.15, 0.2) is 4.34 Å². The number of nitro groups is 1. The number of ether oxygens (including phenoxy) is 1. The summed E-state index contributed by atoms with van der Waals surface area (Å²) in [6, 6.07) is 4.45. The van der Waals surface area contributed by atoms with Crippen LogP contribution in [0.15, 0.2) is 22.5 Å². The minimum atomic E-state index is -1.31. The molecule has 8 nitrogen and oxygen atoms in total. The maximum Gasteiger partial charge on any atom is 0.410 e. The molecule has 1 aliphatic heterocycles. The Balaban J connectivity index is 1.63. The molecule has 1 amide bonds. The number of nitrogens with zero attached hydrogens (tertiary/aromatic N) is 3. The Morgan fingerprint density at radius 3 is 2.89 bits per heavy atom. The molecule has 146 valence electrons. The van der Waals surface area contributed by atoms with Crippen molar-refractivity contribution in [2.45, 2.75) is 37.1 Å². The summed E-state index contributed by atoms with van der Waals surface area (Å²) in [6.45, 7) is 6.57. The highest BCUT2D eigenvalue weighted by Crippen LogP contribution is 2.29. The topological polar surface area (TPSA) is 103 Å². The molecule has 0 spiro atoms. The van der Waals surface area contributed by atoms with Crippen LogP contribution >= 0.6 is 11.3 Å². The summed E-state index contributed by atoms with van der Waals surface area (Å²) in [5.41, 5.74) is -0.0880. The molecule has 27 heavy (non-hydrogen) atoms. The van der Waals surface area contributed by atoms with E-state index >= 15 is 0 Å². The molecular weight excluding hydrogens is 390 g/mol. The van der Waals surface area contributed by atoms with Gasteiger partial charge in [0, 0.05) is 31.0 Å². The fourth-order valence-electron chi connectivity index (χ4n) is 2.85. The lowest BCUT2D eigenvalue weighted by atomic mass is 10.2. The van der Waals surface area contributed by atoms with Gasteiger partial charge in [-0.2, -0.15) is 0 Å². The molecule has 0 saturated carbocycles. The Morgan fingerprint density at radius 2 is 2.22 bits per heavy atom. The van der Waals surface area contributed by atoms with Crippen LogP contribution in [0.25, 0.3) is 10.2 Å². The van der Waals surface area contributed by atoms with Gasteiger partial charge in [-0.1, -0.05) is 0 Å². The molecule has 0 unspecified atom stereocenters. The van der Waals surface area contributed by atoms with Gasteiger partial charge in [0.2, 0.25) is 0 Å². The van der Waals surface area contributed by atoms with Gasteiger partial charge in [-0.05, 0) is 39.2 Å². The molecule has 2 atom stereocenters. The van der Waals surface area contributed by atoms with Crippen LogP contribution in [0.5, 0.6) is 0 Å². The third-order valence-corrected chi connectivity index (χ3v) is 6.98. The lowest BCUT2D eigenvalue weighted by Gasteiger charge is -2.24. The molecule has 1 aromatic carbocycles. The number of non-ortho nitro benzene ring substituents is 1. The van der Waals surface area contributed by atoms with E-state index in [1.807, 2.05) is 20.8 Å². The van der Waals surface area contributed by atoms with Crippen molar-refractivity contribution in [1.82, 2.24) is 9.88 Å². The summed E-state index contributed by atoms with van der Waals surface area (Å²) >= 11 is 1.29. The average Bonchev–Trinajstić information content (AvgIpc) is 3.18. The average molecular weight is 412 g/mol. The molecule has 1 saturated heterocycles. The molecular formula is C17H21N3O5S2. The van der Waals surface area contributed by atoms with Crippen molar-refractivity contribution < 1.29 is 18.7 Å². The fourth-order valence-corrected chi connectivity index (χ4v) is 5.42. The minimum absolute atomic E-state index is 0.0334. The van der Waals surface area contributed by atoms with E-state index in [4.69, 9.17) is 4.74 Å². The zero-order valence-electron chi connectivity index (χ0n) is 15.3. The van der Waals surface area contributed by atoms with Gasteiger partial charge in [-0.3, -0.25) is 14.3 Å². The molecule has 0 radical (unpaired) electrons. The van der Waals surface area contributed by atoms with Gasteiger partial charge in [0.1, 0.15) is 5.60 Å². The molecule has 1 aromatic heterocycles. The van der Waals surface area contributed by atoms with E-state index in [1.54, 1.807) is 11.0 Å². The van der Waals surface area contributed by atoms with E-state index in [0.717, 1.165) is 11.1 Å². The van der Waals surface area contributed by atoms with Crippen LogP contribution in [-0.4, -0.2) is 49.6 Å². The van der Waals surface area contributed by atoms with Gasteiger partial charge < -0.3 is 9.64 Å². The SMILES string of the molecule is CC(C)(C)OC(=O)N1CC[C@H](C[S@@](=O)c2nc3cc([N+](=O)[O-])ccc3s2)C1. The van der Waals surface area contributed by atoms with Crippen molar-refractivity contribution in [2.75, 3.05) is 18.8 Å². The summed E-state index contributed by atoms with van der Waals surface area (Å²) < 4.78 is 19.3. The minimum Gasteiger partial charge on any atom is -0.444 e. The number of rotatable bonds is 4. The summed E-state index contributed by atoms with van der Waals surface area (Å²) in [5.74, 6) is 0.515. The number of hydrogen-bond acceptors (Lipinski definition) is 7. The monoisotopic (exact) mass is 411 g/mol. The van der Waals surface area contributed by atoms with Crippen molar-refractivity contribution in [3.63, 3.8) is 0 Å². The van der Waals surface area contributed by atoms with Crippen molar-refractivity contribution in [3.05, 3.63) is 28.3 Å². The normalized spacial score (nSPS) is 18.6. The molecule has 1 fully saturated rings. The van der Waals surface area contributed by atoms with Crippen LogP contribution in [0, 0.1) is 16.0 Å². The van der Waals surface area contributed by atoms with Gasteiger partial charge in [-0.25, -0.2) is 9.78 Å². The molecule has 0 N–H and O–H groups in total. The largest absolute Gasteiger partial charge is 0.444 e. The molecule has 10 heteroatoms. The van der Waals surface area contributed by atoms with E-state index in [0.29, 0.717) is 28.7 Å². The highest BCUT2D eigenvalue weighted by Gasteiger charge is 2.31. The van der Waals surface area contributed by atoms with E-state index in [1.165, 1.54) is 23.5 Å². The summed E-state index contributed by atoms with van der Waals surface area (Å²) in [5, 5.41) is 10.9. The first-order valence-corrected chi connectivity index (χ1v) is 10.7. The quantitative estimate of drug-likeness (QED) is 0.563.